The van der Waals surface area contributed by atoms with E-state index in [4.69, 9.17) is 21.1 Å². The minimum Gasteiger partial charge on any atom is -0.496 e. The first-order valence-electron chi connectivity index (χ1n) is 9.69. The molecule has 2 aromatic rings. The molecular formula is C22H25ClN2O3. The van der Waals surface area contributed by atoms with E-state index in [2.05, 4.69) is 11.0 Å². The number of hydrogen-bond acceptors (Lipinski definition) is 4. The molecule has 148 valence electrons. The molecule has 0 bridgehead atoms. The highest BCUT2D eigenvalue weighted by atomic mass is 35.5. The number of amides is 1. The number of rotatable bonds is 5. The highest BCUT2D eigenvalue weighted by molar-refractivity contribution is 6.30. The van der Waals surface area contributed by atoms with E-state index in [-0.39, 0.29) is 5.91 Å². The second-order valence-electron chi connectivity index (χ2n) is 7.33. The lowest BCUT2D eigenvalue weighted by molar-refractivity contribution is -0.132. The van der Waals surface area contributed by atoms with Gasteiger partial charge in [-0.2, -0.15) is 0 Å². The van der Waals surface area contributed by atoms with Crippen LogP contribution in [0.3, 0.4) is 0 Å². The van der Waals surface area contributed by atoms with Crippen molar-refractivity contribution in [3.8, 4) is 11.5 Å². The summed E-state index contributed by atoms with van der Waals surface area (Å²) in [6.07, 6.45) is 1.39. The number of ether oxygens (including phenoxy) is 2. The zero-order chi connectivity index (χ0) is 19.5. The molecule has 4 rings (SSSR count). The summed E-state index contributed by atoms with van der Waals surface area (Å²) in [6, 6.07) is 11.8. The third-order valence-electron chi connectivity index (χ3n) is 5.47. The Hall–Kier alpha value is -2.24. The van der Waals surface area contributed by atoms with Crippen LogP contribution in [-0.2, 0) is 24.2 Å². The van der Waals surface area contributed by atoms with E-state index in [9.17, 15) is 4.79 Å². The highest BCUT2D eigenvalue weighted by Crippen LogP contribution is 2.27. The Morgan fingerprint density at radius 3 is 2.75 bits per heavy atom. The van der Waals surface area contributed by atoms with Crippen LogP contribution in [0.4, 0.5) is 0 Å². The summed E-state index contributed by atoms with van der Waals surface area (Å²) >= 11 is 6.13. The second-order valence-corrected chi connectivity index (χ2v) is 7.77. The van der Waals surface area contributed by atoms with Gasteiger partial charge in [-0.1, -0.05) is 23.7 Å². The Morgan fingerprint density at radius 2 is 1.96 bits per heavy atom. The fourth-order valence-electron chi connectivity index (χ4n) is 3.90. The average Bonchev–Trinajstić information content (AvgIpc) is 3.16. The molecule has 5 nitrogen and oxygen atoms in total. The van der Waals surface area contributed by atoms with Crippen LogP contribution in [-0.4, -0.2) is 55.6 Å². The number of carbonyl (C=O) groups excluding carboxylic acids is 1. The molecule has 0 unspecified atom stereocenters. The molecule has 0 N–H and O–H groups in total. The standard InChI is InChI=1S/C22H25ClN2O3/c1-27-20-5-3-19(23)14-18(20)15-24-7-9-25(10-8-24)22(26)13-16-2-4-21-17(12-16)6-11-28-21/h2-5,12,14H,6-11,13,15H2,1H3. The summed E-state index contributed by atoms with van der Waals surface area (Å²) in [5, 5.41) is 0.712. The van der Waals surface area contributed by atoms with Gasteiger partial charge < -0.3 is 14.4 Å². The van der Waals surface area contributed by atoms with E-state index in [1.165, 1.54) is 5.56 Å². The smallest absolute Gasteiger partial charge is 0.227 e. The van der Waals surface area contributed by atoms with Crippen molar-refractivity contribution >= 4 is 17.5 Å². The highest BCUT2D eigenvalue weighted by Gasteiger charge is 2.22. The van der Waals surface area contributed by atoms with Crippen LogP contribution in [0.25, 0.3) is 0 Å². The van der Waals surface area contributed by atoms with Crippen LogP contribution in [0.2, 0.25) is 5.02 Å². The number of nitrogens with zero attached hydrogens (tertiary/aromatic N) is 2. The maximum Gasteiger partial charge on any atom is 0.227 e. The predicted molar refractivity (Wildman–Crippen MR) is 109 cm³/mol. The normalized spacial score (nSPS) is 16.6. The number of halogens is 1. The van der Waals surface area contributed by atoms with Gasteiger partial charge in [-0.15, -0.1) is 0 Å². The monoisotopic (exact) mass is 400 g/mol. The van der Waals surface area contributed by atoms with Gasteiger partial charge >= 0.3 is 0 Å². The summed E-state index contributed by atoms with van der Waals surface area (Å²) in [6.45, 7) is 4.70. The van der Waals surface area contributed by atoms with E-state index in [1.54, 1.807) is 7.11 Å². The molecule has 2 aromatic carbocycles. The van der Waals surface area contributed by atoms with E-state index < -0.39 is 0 Å². The first-order valence-corrected chi connectivity index (χ1v) is 10.1. The molecular weight excluding hydrogens is 376 g/mol. The minimum atomic E-state index is 0.193. The van der Waals surface area contributed by atoms with Crippen molar-refractivity contribution < 1.29 is 14.3 Å². The van der Waals surface area contributed by atoms with Crippen molar-refractivity contribution in [2.75, 3.05) is 39.9 Å². The van der Waals surface area contributed by atoms with E-state index in [0.717, 1.165) is 68.4 Å². The molecule has 2 heterocycles. The summed E-state index contributed by atoms with van der Waals surface area (Å²) in [4.78, 5) is 17.0. The molecule has 0 spiro atoms. The first kappa shape index (κ1) is 19.1. The molecule has 2 aliphatic heterocycles. The van der Waals surface area contributed by atoms with Crippen molar-refractivity contribution in [3.63, 3.8) is 0 Å². The van der Waals surface area contributed by atoms with Crippen LogP contribution in [0.15, 0.2) is 36.4 Å². The summed E-state index contributed by atoms with van der Waals surface area (Å²) in [5.74, 6) is 2.00. The maximum atomic E-state index is 12.7. The molecule has 0 aliphatic carbocycles. The fraction of sp³-hybridized carbons (Fsp3) is 0.409. The lowest BCUT2D eigenvalue weighted by Crippen LogP contribution is -2.48. The first-order chi connectivity index (χ1) is 13.6. The number of methoxy groups -OCH3 is 1. The number of fused-ring (bicyclic) bond motifs is 1. The average molecular weight is 401 g/mol. The van der Waals surface area contributed by atoms with Gasteiger partial charge in [0.1, 0.15) is 11.5 Å². The van der Waals surface area contributed by atoms with E-state index >= 15 is 0 Å². The van der Waals surface area contributed by atoms with Crippen LogP contribution in [0.5, 0.6) is 11.5 Å². The lowest BCUT2D eigenvalue weighted by Gasteiger charge is -2.35. The van der Waals surface area contributed by atoms with Crippen LogP contribution < -0.4 is 9.47 Å². The molecule has 1 saturated heterocycles. The number of benzene rings is 2. The molecule has 28 heavy (non-hydrogen) atoms. The van der Waals surface area contributed by atoms with Crippen molar-refractivity contribution in [2.45, 2.75) is 19.4 Å². The SMILES string of the molecule is COc1ccc(Cl)cc1CN1CCN(C(=O)Cc2ccc3c(c2)CCO3)CC1. The number of carbonyl (C=O) groups is 1. The van der Waals surface area contributed by atoms with Gasteiger partial charge in [-0.05, 0) is 35.4 Å². The zero-order valence-electron chi connectivity index (χ0n) is 16.1. The molecule has 0 atom stereocenters. The predicted octanol–water partition coefficient (Wildman–Crippen LogP) is 3.17. The maximum absolute atomic E-state index is 12.7. The minimum absolute atomic E-state index is 0.193. The van der Waals surface area contributed by atoms with Gasteiger partial charge in [0.2, 0.25) is 5.91 Å². The van der Waals surface area contributed by atoms with Crippen molar-refractivity contribution in [2.24, 2.45) is 0 Å². The third-order valence-corrected chi connectivity index (χ3v) is 5.71. The van der Waals surface area contributed by atoms with Crippen molar-refractivity contribution in [1.29, 1.82) is 0 Å². The van der Waals surface area contributed by atoms with Gasteiger partial charge in [-0.3, -0.25) is 9.69 Å². The van der Waals surface area contributed by atoms with Crippen molar-refractivity contribution in [3.05, 3.63) is 58.1 Å². The molecule has 0 aromatic heterocycles. The molecule has 0 radical (unpaired) electrons. The Bertz CT molecular complexity index is 863. The second kappa shape index (κ2) is 8.41. The Labute approximate surface area is 170 Å². The quantitative estimate of drug-likeness (QED) is 0.773. The number of piperazine rings is 1. The molecule has 1 amide bonds. The molecule has 0 saturated carbocycles. The lowest BCUT2D eigenvalue weighted by atomic mass is 10.1. The van der Waals surface area contributed by atoms with Gasteiger partial charge in [-0.25, -0.2) is 0 Å². The van der Waals surface area contributed by atoms with Crippen LogP contribution >= 0.6 is 11.6 Å². The van der Waals surface area contributed by atoms with E-state index in [0.29, 0.717) is 11.4 Å². The summed E-state index contributed by atoms with van der Waals surface area (Å²) < 4.78 is 11.0. The number of hydrogen-bond donors (Lipinski definition) is 0. The summed E-state index contributed by atoms with van der Waals surface area (Å²) in [5.41, 5.74) is 3.36. The third kappa shape index (κ3) is 4.26. The van der Waals surface area contributed by atoms with Gasteiger partial charge in [0.15, 0.2) is 0 Å². The molecule has 2 aliphatic rings. The Kier molecular flexibility index (Phi) is 5.74. The fourth-order valence-corrected chi connectivity index (χ4v) is 4.10. The Balaban J connectivity index is 1.31. The van der Waals surface area contributed by atoms with Crippen molar-refractivity contribution in [1.82, 2.24) is 9.80 Å². The summed E-state index contributed by atoms with van der Waals surface area (Å²) in [7, 11) is 1.68. The topological polar surface area (TPSA) is 42.0 Å². The van der Waals surface area contributed by atoms with E-state index in [1.807, 2.05) is 35.2 Å². The Morgan fingerprint density at radius 1 is 1.14 bits per heavy atom. The molecule has 1 fully saturated rings. The van der Waals surface area contributed by atoms with Gasteiger partial charge in [0.05, 0.1) is 20.1 Å². The molecule has 6 heteroatoms. The van der Waals surface area contributed by atoms with Gasteiger partial charge in [0.25, 0.3) is 0 Å². The zero-order valence-corrected chi connectivity index (χ0v) is 16.9. The largest absolute Gasteiger partial charge is 0.496 e. The van der Waals surface area contributed by atoms with Crippen LogP contribution in [0, 0.1) is 0 Å². The van der Waals surface area contributed by atoms with Gasteiger partial charge in [0, 0.05) is 49.7 Å². The van der Waals surface area contributed by atoms with Crippen LogP contribution in [0.1, 0.15) is 16.7 Å².